The number of carbonyl (C=O) groups is 2. The fraction of sp³-hybridized carbons (Fsp3) is 0.161. The summed E-state index contributed by atoms with van der Waals surface area (Å²) >= 11 is 0. The molecular weight excluding hydrogens is 450 g/mol. The predicted octanol–water partition coefficient (Wildman–Crippen LogP) is 5.22. The standard InChI is InChI=1S/C31H27NO4/c1-35-29(33)20-28(30(34)36-21-22-12-4-2-5-13-22)32-31(23-14-6-3-7-15-23)26-18-10-8-16-24(26)25-17-9-11-19-27(25)31/h2-19,28,32H,20-21H2,1H3/t28-/m0/s1. The topological polar surface area (TPSA) is 64.6 Å². The highest BCUT2D eigenvalue weighted by Gasteiger charge is 2.47. The van der Waals surface area contributed by atoms with Gasteiger partial charge in [0.05, 0.1) is 19.1 Å². The zero-order valence-corrected chi connectivity index (χ0v) is 20.0. The highest BCUT2D eigenvalue weighted by Crippen LogP contribution is 2.51. The predicted molar refractivity (Wildman–Crippen MR) is 138 cm³/mol. The van der Waals surface area contributed by atoms with Gasteiger partial charge in [-0.15, -0.1) is 0 Å². The Morgan fingerprint density at radius 1 is 0.750 bits per heavy atom. The van der Waals surface area contributed by atoms with Crippen molar-refractivity contribution in [3.8, 4) is 11.1 Å². The molecule has 180 valence electrons. The molecule has 4 aromatic rings. The summed E-state index contributed by atoms with van der Waals surface area (Å²) < 4.78 is 10.6. The first-order valence-electron chi connectivity index (χ1n) is 11.9. The van der Waals surface area contributed by atoms with Gasteiger partial charge in [0.15, 0.2) is 0 Å². The molecule has 0 aliphatic heterocycles. The second kappa shape index (κ2) is 10.2. The zero-order chi connectivity index (χ0) is 25.0. The lowest BCUT2D eigenvalue weighted by Crippen LogP contribution is -2.52. The van der Waals surface area contributed by atoms with E-state index in [0.717, 1.165) is 33.4 Å². The van der Waals surface area contributed by atoms with Crippen LogP contribution in [0.3, 0.4) is 0 Å². The smallest absolute Gasteiger partial charge is 0.324 e. The molecule has 1 aliphatic rings. The van der Waals surface area contributed by atoms with Crippen LogP contribution in [-0.4, -0.2) is 25.1 Å². The van der Waals surface area contributed by atoms with Gasteiger partial charge in [-0.3, -0.25) is 14.9 Å². The van der Waals surface area contributed by atoms with E-state index in [0.29, 0.717) is 0 Å². The van der Waals surface area contributed by atoms with Crippen LogP contribution in [0.2, 0.25) is 0 Å². The number of fused-ring (bicyclic) bond motifs is 3. The molecule has 0 amide bonds. The SMILES string of the molecule is COC(=O)C[C@H](NC1(c2ccccc2)c2ccccc2-c2ccccc21)C(=O)OCc1ccccc1. The Bertz CT molecular complexity index is 1320. The van der Waals surface area contributed by atoms with Crippen LogP contribution in [0, 0.1) is 0 Å². The lowest BCUT2D eigenvalue weighted by Gasteiger charge is -2.37. The van der Waals surface area contributed by atoms with Crippen LogP contribution >= 0.6 is 0 Å². The van der Waals surface area contributed by atoms with Gasteiger partial charge in [-0.05, 0) is 33.4 Å². The quantitative estimate of drug-likeness (QED) is 0.353. The minimum absolute atomic E-state index is 0.116. The number of hydrogen-bond donors (Lipinski definition) is 1. The molecule has 0 unspecified atom stereocenters. The monoisotopic (exact) mass is 477 g/mol. The molecule has 0 aromatic heterocycles. The average Bonchev–Trinajstić information content (AvgIpc) is 3.23. The van der Waals surface area contributed by atoms with Crippen molar-refractivity contribution in [1.82, 2.24) is 5.32 Å². The van der Waals surface area contributed by atoms with Gasteiger partial charge in [-0.2, -0.15) is 0 Å². The number of rotatable bonds is 8. The van der Waals surface area contributed by atoms with Gasteiger partial charge in [0, 0.05) is 0 Å². The normalized spacial score (nSPS) is 13.8. The molecule has 0 radical (unpaired) electrons. The maximum absolute atomic E-state index is 13.5. The van der Waals surface area contributed by atoms with Gasteiger partial charge < -0.3 is 9.47 Å². The second-order valence-corrected chi connectivity index (χ2v) is 8.78. The number of hydrogen-bond acceptors (Lipinski definition) is 5. The molecule has 5 rings (SSSR count). The van der Waals surface area contributed by atoms with E-state index in [-0.39, 0.29) is 13.0 Å². The Morgan fingerprint density at radius 3 is 1.86 bits per heavy atom. The summed E-state index contributed by atoms with van der Waals surface area (Å²) in [5.74, 6) is -1.01. The third-order valence-electron chi connectivity index (χ3n) is 6.66. The summed E-state index contributed by atoms with van der Waals surface area (Å²) in [4.78, 5) is 25.9. The third kappa shape index (κ3) is 4.30. The van der Waals surface area contributed by atoms with E-state index in [1.165, 1.54) is 7.11 Å². The Hall–Kier alpha value is -4.22. The molecule has 0 saturated heterocycles. The maximum Gasteiger partial charge on any atom is 0.324 e. The summed E-state index contributed by atoms with van der Waals surface area (Å²) in [6.07, 6.45) is -0.164. The fourth-order valence-electron chi connectivity index (χ4n) is 5.01. The largest absolute Gasteiger partial charge is 0.469 e. The van der Waals surface area contributed by atoms with Crippen LogP contribution in [0.4, 0.5) is 0 Å². The highest BCUT2D eigenvalue weighted by molar-refractivity contribution is 5.86. The second-order valence-electron chi connectivity index (χ2n) is 8.78. The Labute approximate surface area is 210 Å². The van der Waals surface area contributed by atoms with Crippen molar-refractivity contribution in [1.29, 1.82) is 0 Å². The van der Waals surface area contributed by atoms with Crippen molar-refractivity contribution < 1.29 is 19.1 Å². The first kappa shape index (κ1) is 23.5. The minimum Gasteiger partial charge on any atom is -0.469 e. The van der Waals surface area contributed by atoms with Gasteiger partial charge in [0.2, 0.25) is 0 Å². The zero-order valence-electron chi connectivity index (χ0n) is 20.0. The van der Waals surface area contributed by atoms with Gasteiger partial charge >= 0.3 is 11.9 Å². The van der Waals surface area contributed by atoms with Crippen LogP contribution in [-0.2, 0) is 31.2 Å². The molecule has 5 heteroatoms. The van der Waals surface area contributed by atoms with Crippen molar-refractivity contribution in [3.05, 3.63) is 131 Å². The van der Waals surface area contributed by atoms with Crippen LogP contribution in [0.25, 0.3) is 11.1 Å². The summed E-state index contributed by atoms with van der Waals surface area (Å²) in [5.41, 5.74) is 5.17. The number of nitrogens with one attached hydrogen (secondary N) is 1. The molecule has 36 heavy (non-hydrogen) atoms. The van der Waals surface area contributed by atoms with Crippen LogP contribution in [0.1, 0.15) is 28.7 Å². The van der Waals surface area contributed by atoms with E-state index < -0.39 is 23.5 Å². The fourth-order valence-corrected chi connectivity index (χ4v) is 5.01. The minimum atomic E-state index is -0.944. The molecular formula is C31H27NO4. The van der Waals surface area contributed by atoms with E-state index in [1.807, 2.05) is 84.9 Å². The van der Waals surface area contributed by atoms with E-state index in [4.69, 9.17) is 9.47 Å². The van der Waals surface area contributed by atoms with Gasteiger partial charge in [-0.25, -0.2) is 0 Å². The molecule has 5 nitrogen and oxygen atoms in total. The van der Waals surface area contributed by atoms with Crippen molar-refractivity contribution in [3.63, 3.8) is 0 Å². The summed E-state index contributed by atoms with van der Waals surface area (Å²) in [6, 6.07) is 34.9. The third-order valence-corrected chi connectivity index (χ3v) is 6.66. The molecule has 1 aliphatic carbocycles. The lowest BCUT2D eigenvalue weighted by molar-refractivity contribution is -0.153. The molecule has 4 aromatic carbocycles. The van der Waals surface area contributed by atoms with Crippen LogP contribution in [0.15, 0.2) is 109 Å². The number of benzene rings is 4. The molecule has 0 bridgehead atoms. The van der Waals surface area contributed by atoms with Crippen LogP contribution < -0.4 is 5.32 Å². The van der Waals surface area contributed by atoms with E-state index in [9.17, 15) is 9.59 Å². The van der Waals surface area contributed by atoms with Crippen molar-refractivity contribution in [2.24, 2.45) is 0 Å². The Morgan fingerprint density at radius 2 is 1.28 bits per heavy atom. The number of carbonyl (C=O) groups excluding carboxylic acids is 2. The summed E-state index contributed by atoms with van der Waals surface area (Å²) in [6.45, 7) is 0.116. The summed E-state index contributed by atoms with van der Waals surface area (Å²) in [5, 5.41) is 3.58. The summed E-state index contributed by atoms with van der Waals surface area (Å²) in [7, 11) is 1.32. The van der Waals surface area contributed by atoms with Gasteiger partial charge in [0.25, 0.3) is 0 Å². The first-order chi connectivity index (χ1) is 17.6. The number of methoxy groups -OCH3 is 1. The number of ether oxygens (including phenoxy) is 2. The van der Waals surface area contributed by atoms with Crippen molar-refractivity contribution in [2.45, 2.75) is 24.6 Å². The number of esters is 2. The van der Waals surface area contributed by atoms with Crippen LogP contribution in [0.5, 0.6) is 0 Å². The lowest BCUT2D eigenvalue weighted by atomic mass is 9.79. The van der Waals surface area contributed by atoms with Crippen molar-refractivity contribution in [2.75, 3.05) is 7.11 Å². The van der Waals surface area contributed by atoms with Gasteiger partial charge in [0.1, 0.15) is 12.6 Å². The van der Waals surface area contributed by atoms with E-state index in [1.54, 1.807) is 0 Å². The molecule has 0 fully saturated rings. The Kier molecular flexibility index (Phi) is 6.65. The molecule has 1 atom stereocenters. The van der Waals surface area contributed by atoms with E-state index in [2.05, 4.69) is 29.6 Å². The Balaban J connectivity index is 1.60. The molecule has 0 heterocycles. The highest BCUT2D eigenvalue weighted by atomic mass is 16.5. The first-order valence-corrected chi connectivity index (χ1v) is 11.9. The molecule has 1 N–H and O–H groups in total. The average molecular weight is 478 g/mol. The van der Waals surface area contributed by atoms with E-state index >= 15 is 0 Å². The molecule has 0 spiro atoms. The molecule has 0 saturated carbocycles. The maximum atomic E-state index is 13.5. The van der Waals surface area contributed by atoms with Gasteiger partial charge in [-0.1, -0.05) is 109 Å². The van der Waals surface area contributed by atoms with Crippen molar-refractivity contribution >= 4 is 11.9 Å².